The Morgan fingerprint density at radius 1 is 0.922 bits per heavy atom. The van der Waals surface area contributed by atoms with Crippen LogP contribution in [-0.4, -0.2) is 47.1 Å². The van der Waals surface area contributed by atoms with Gasteiger partial charge in [0.15, 0.2) is 0 Å². The normalized spacial score (nSPS) is 18.0. The highest BCUT2D eigenvalue weighted by Gasteiger charge is 2.39. The van der Waals surface area contributed by atoms with Gasteiger partial charge >= 0.3 is 18.3 Å². The molecular formula is C37H42F7N3O4. The number of carboxylic acid groups (broad SMARTS) is 1. The molecule has 3 aromatic rings. The molecule has 1 aliphatic rings. The van der Waals surface area contributed by atoms with Gasteiger partial charge in [0.1, 0.15) is 11.9 Å². The molecule has 0 saturated carbocycles. The van der Waals surface area contributed by atoms with E-state index in [2.05, 4.69) is 5.32 Å². The Morgan fingerprint density at radius 3 is 2.20 bits per heavy atom. The largest absolute Gasteiger partial charge is 0.481 e. The summed E-state index contributed by atoms with van der Waals surface area (Å²) in [6.07, 6.45) is -6.78. The van der Waals surface area contributed by atoms with Gasteiger partial charge in [-0.05, 0) is 93.6 Å². The summed E-state index contributed by atoms with van der Waals surface area (Å²) >= 11 is 0. The zero-order chi connectivity index (χ0) is 37.8. The van der Waals surface area contributed by atoms with Gasteiger partial charge in [-0.2, -0.15) is 26.3 Å². The third kappa shape index (κ3) is 9.78. The van der Waals surface area contributed by atoms with E-state index in [1.165, 1.54) is 0 Å². The van der Waals surface area contributed by atoms with Crippen LogP contribution in [0.1, 0.15) is 96.0 Å². The van der Waals surface area contributed by atoms with E-state index in [9.17, 15) is 45.8 Å². The molecule has 2 heterocycles. The molecule has 1 aliphatic heterocycles. The predicted octanol–water partition coefficient (Wildman–Crippen LogP) is 8.18. The van der Waals surface area contributed by atoms with Crippen molar-refractivity contribution in [3.05, 3.63) is 91.6 Å². The first kappa shape index (κ1) is 39.6. The van der Waals surface area contributed by atoms with Crippen LogP contribution in [0.4, 0.5) is 30.7 Å². The van der Waals surface area contributed by atoms with E-state index < -0.39 is 70.8 Å². The first-order valence-electron chi connectivity index (χ1n) is 16.8. The van der Waals surface area contributed by atoms with Crippen LogP contribution in [0.2, 0.25) is 0 Å². The van der Waals surface area contributed by atoms with Crippen molar-refractivity contribution in [2.24, 2.45) is 0 Å². The molecule has 0 aliphatic carbocycles. The summed E-state index contributed by atoms with van der Waals surface area (Å²) < 4.78 is 102. The lowest BCUT2D eigenvalue weighted by atomic mass is 9.87. The van der Waals surface area contributed by atoms with Gasteiger partial charge in [-0.15, -0.1) is 0 Å². The Balaban J connectivity index is 1.94. The monoisotopic (exact) mass is 725 g/mol. The first-order valence-corrected chi connectivity index (χ1v) is 16.8. The number of pyridine rings is 1. The van der Waals surface area contributed by atoms with E-state index >= 15 is 4.39 Å². The zero-order valence-electron chi connectivity index (χ0n) is 28.9. The third-order valence-corrected chi connectivity index (χ3v) is 9.19. The van der Waals surface area contributed by atoms with Crippen LogP contribution in [0.3, 0.4) is 0 Å². The Hall–Kier alpha value is -4.20. The van der Waals surface area contributed by atoms with E-state index in [0.717, 1.165) is 34.4 Å². The Kier molecular flexibility index (Phi) is 12.4. The van der Waals surface area contributed by atoms with Crippen molar-refractivity contribution in [2.45, 2.75) is 96.1 Å². The number of carbonyl (C=O) groups excluding carboxylic acids is 1. The number of aliphatic carboxylic acids is 1. The van der Waals surface area contributed by atoms with Crippen molar-refractivity contribution >= 4 is 11.9 Å². The standard InChI is InChI=1S/C37H42F7N3O4/c1-21-14-22(2)33-23(15-21)10-8-6-5-7-9-11-30(47-20-24(12-13-46(3)4)27(18-31(47)48)36(39,40)41)35(51)45-29(19-32(49)50)26-16-25(33)17-28(34(26)38)37(42,43)44/h14-18,20,29-30H,5-13,19H2,1-4H3,(H,45,51)(H,49,50)/t29-,30-/m0/s1. The topological polar surface area (TPSA) is 91.6 Å². The summed E-state index contributed by atoms with van der Waals surface area (Å²) in [5.41, 5.74) is -2.24. The summed E-state index contributed by atoms with van der Waals surface area (Å²) in [6, 6.07) is 2.54. The highest BCUT2D eigenvalue weighted by molar-refractivity contribution is 5.82. The molecular weight excluding hydrogens is 683 g/mol. The fourth-order valence-electron chi connectivity index (χ4n) is 6.82. The van der Waals surface area contributed by atoms with Crippen LogP contribution < -0.4 is 10.9 Å². The van der Waals surface area contributed by atoms with Crippen LogP contribution >= 0.6 is 0 Å². The number of carbonyl (C=O) groups is 2. The molecule has 278 valence electrons. The maximum atomic E-state index is 16.0. The maximum Gasteiger partial charge on any atom is 0.419 e. The average molecular weight is 726 g/mol. The highest BCUT2D eigenvalue weighted by atomic mass is 19.4. The third-order valence-electron chi connectivity index (χ3n) is 9.19. The molecule has 7 nitrogen and oxygen atoms in total. The lowest BCUT2D eigenvalue weighted by Crippen LogP contribution is -2.40. The Bertz CT molecular complexity index is 1820. The summed E-state index contributed by atoms with van der Waals surface area (Å²) in [6.45, 7) is 3.75. The number of carboxylic acids is 1. The van der Waals surface area contributed by atoms with Gasteiger partial charge in [0, 0.05) is 24.4 Å². The molecule has 0 unspecified atom stereocenters. The molecule has 0 spiro atoms. The summed E-state index contributed by atoms with van der Waals surface area (Å²) in [5.74, 6) is -4.37. The quantitative estimate of drug-likeness (QED) is 0.250. The van der Waals surface area contributed by atoms with E-state index in [1.807, 2.05) is 13.0 Å². The van der Waals surface area contributed by atoms with Crippen LogP contribution in [0.15, 0.2) is 41.3 Å². The molecule has 51 heavy (non-hydrogen) atoms. The molecule has 0 saturated heterocycles. The van der Waals surface area contributed by atoms with Gasteiger partial charge in [0.2, 0.25) is 5.91 Å². The number of alkyl halides is 6. The number of nitrogens with one attached hydrogen (secondary N) is 1. The predicted molar refractivity (Wildman–Crippen MR) is 178 cm³/mol. The zero-order valence-corrected chi connectivity index (χ0v) is 28.9. The second-order valence-corrected chi connectivity index (χ2v) is 13.5. The second kappa shape index (κ2) is 16.0. The van der Waals surface area contributed by atoms with Gasteiger partial charge in [-0.1, -0.05) is 43.4 Å². The molecule has 2 N–H and O–H groups in total. The number of benzene rings is 2. The van der Waals surface area contributed by atoms with Gasteiger partial charge < -0.3 is 19.9 Å². The van der Waals surface area contributed by atoms with E-state index in [-0.39, 0.29) is 30.5 Å². The van der Waals surface area contributed by atoms with Crippen molar-refractivity contribution in [1.82, 2.24) is 14.8 Å². The first-order chi connectivity index (χ1) is 23.8. The van der Waals surface area contributed by atoms with Crippen LogP contribution in [0.5, 0.6) is 0 Å². The lowest BCUT2D eigenvalue weighted by Gasteiger charge is -2.27. The number of fused-ring (bicyclic) bond motifs is 4. The number of amides is 1. The minimum absolute atomic E-state index is 0.0102. The van der Waals surface area contributed by atoms with Crippen molar-refractivity contribution in [3.63, 3.8) is 0 Å². The Morgan fingerprint density at radius 2 is 1.57 bits per heavy atom. The molecule has 2 aromatic carbocycles. The fourth-order valence-corrected chi connectivity index (χ4v) is 6.82. The van der Waals surface area contributed by atoms with Crippen molar-refractivity contribution in [1.29, 1.82) is 0 Å². The maximum absolute atomic E-state index is 16.0. The van der Waals surface area contributed by atoms with Crippen molar-refractivity contribution < 1.29 is 45.4 Å². The van der Waals surface area contributed by atoms with E-state index in [1.54, 1.807) is 32.0 Å². The van der Waals surface area contributed by atoms with Crippen LogP contribution in [-0.2, 0) is 34.8 Å². The number of halogens is 7. The average Bonchev–Trinajstić information content (AvgIpc) is 3.00. The van der Waals surface area contributed by atoms with Crippen molar-refractivity contribution in [3.8, 4) is 11.1 Å². The molecule has 0 radical (unpaired) electrons. The summed E-state index contributed by atoms with van der Waals surface area (Å²) in [4.78, 5) is 41.0. The van der Waals surface area contributed by atoms with Crippen LogP contribution in [0.25, 0.3) is 11.1 Å². The molecule has 1 aromatic heterocycles. The minimum Gasteiger partial charge on any atom is -0.481 e. The number of hydrogen-bond acceptors (Lipinski definition) is 4. The molecule has 2 atom stereocenters. The SMILES string of the molecule is Cc1cc(C)c2c(c1)CCCCCCC[C@H](n1cc(CCN(C)C)c(C(F)(F)F)cc1=O)C(=O)N[C@@H](CC(=O)O)c1cc-2cc(C(F)(F)F)c1F. The molecule has 14 heteroatoms. The smallest absolute Gasteiger partial charge is 0.419 e. The molecule has 0 fully saturated rings. The van der Waals surface area contributed by atoms with Crippen LogP contribution in [0, 0.1) is 19.7 Å². The van der Waals surface area contributed by atoms with Crippen molar-refractivity contribution in [2.75, 3.05) is 20.6 Å². The van der Waals surface area contributed by atoms with Gasteiger partial charge in [0.05, 0.1) is 23.6 Å². The number of aromatic nitrogens is 1. The molecule has 1 amide bonds. The minimum atomic E-state index is -5.19. The number of likely N-dealkylation sites (N-methyl/N-ethyl adjacent to an activating group) is 1. The van der Waals surface area contributed by atoms with Gasteiger partial charge in [-0.3, -0.25) is 14.4 Å². The number of aryl methyl sites for hydroxylation is 3. The lowest BCUT2D eigenvalue weighted by molar-refractivity contribution is -0.140. The highest BCUT2D eigenvalue weighted by Crippen LogP contribution is 2.41. The number of rotatable bonds is 6. The second-order valence-electron chi connectivity index (χ2n) is 13.5. The summed E-state index contributed by atoms with van der Waals surface area (Å²) in [5, 5.41) is 12.2. The number of nitrogens with zero attached hydrogens (tertiary/aromatic N) is 2. The molecule has 4 rings (SSSR count). The van der Waals surface area contributed by atoms with Gasteiger partial charge in [0.25, 0.3) is 5.56 Å². The number of hydrogen-bond donors (Lipinski definition) is 2. The molecule has 2 bridgehead atoms. The van der Waals surface area contributed by atoms with E-state index in [0.29, 0.717) is 55.4 Å². The fraction of sp³-hybridized carbons (Fsp3) is 0.486. The van der Waals surface area contributed by atoms with Gasteiger partial charge in [-0.25, -0.2) is 4.39 Å². The van der Waals surface area contributed by atoms with E-state index in [4.69, 9.17) is 0 Å². The Labute approximate surface area is 291 Å². The summed E-state index contributed by atoms with van der Waals surface area (Å²) in [7, 11) is 3.31.